The van der Waals surface area contributed by atoms with Crippen LogP contribution in [0.15, 0.2) is 16.6 Å². The number of hydrogen-bond donors (Lipinski definition) is 1. The lowest BCUT2D eigenvalue weighted by molar-refractivity contribution is -0.138. The highest BCUT2D eigenvalue weighted by atomic mass is 79.9. The van der Waals surface area contributed by atoms with Gasteiger partial charge in [0.05, 0.1) is 17.1 Å². The molecular weight excluding hydrogens is 311 g/mol. The highest BCUT2D eigenvalue weighted by Gasteiger charge is 2.34. The lowest BCUT2D eigenvalue weighted by Gasteiger charge is -2.15. The standard InChI is InChI=1S/C12H15BrF3NO/c1-18-11-7-9(12(14,15)16)8(6-10(11)13)4-2-3-5-17/h6-7H,2-5,17H2,1H3. The van der Waals surface area contributed by atoms with Gasteiger partial charge in [0.25, 0.3) is 0 Å². The van der Waals surface area contributed by atoms with Crippen LogP contribution < -0.4 is 10.5 Å². The minimum atomic E-state index is -4.37. The van der Waals surface area contributed by atoms with Gasteiger partial charge in [-0.3, -0.25) is 0 Å². The van der Waals surface area contributed by atoms with E-state index in [-0.39, 0.29) is 11.3 Å². The van der Waals surface area contributed by atoms with Crippen LogP contribution in [0, 0.1) is 0 Å². The number of aryl methyl sites for hydroxylation is 1. The molecule has 0 spiro atoms. The molecule has 0 radical (unpaired) electrons. The Kier molecular flexibility index (Phi) is 5.47. The molecule has 0 aliphatic rings. The van der Waals surface area contributed by atoms with E-state index in [1.54, 1.807) is 0 Å². The van der Waals surface area contributed by atoms with E-state index in [0.29, 0.717) is 30.3 Å². The highest BCUT2D eigenvalue weighted by molar-refractivity contribution is 9.10. The minimum absolute atomic E-state index is 0.185. The second kappa shape index (κ2) is 6.43. The molecule has 2 nitrogen and oxygen atoms in total. The van der Waals surface area contributed by atoms with E-state index in [2.05, 4.69) is 15.9 Å². The fourth-order valence-electron chi connectivity index (χ4n) is 1.68. The molecule has 2 N–H and O–H groups in total. The topological polar surface area (TPSA) is 35.2 Å². The van der Waals surface area contributed by atoms with Gasteiger partial charge >= 0.3 is 6.18 Å². The third kappa shape index (κ3) is 3.88. The van der Waals surface area contributed by atoms with Gasteiger partial charge < -0.3 is 10.5 Å². The largest absolute Gasteiger partial charge is 0.496 e. The van der Waals surface area contributed by atoms with Crippen LogP contribution in [0.3, 0.4) is 0 Å². The second-order valence-electron chi connectivity index (χ2n) is 3.89. The van der Waals surface area contributed by atoms with Crippen molar-refractivity contribution in [1.82, 2.24) is 0 Å². The van der Waals surface area contributed by atoms with Gasteiger partial charge in [0, 0.05) is 0 Å². The van der Waals surface area contributed by atoms with Gasteiger partial charge in [0.15, 0.2) is 0 Å². The normalized spacial score (nSPS) is 11.7. The molecule has 102 valence electrons. The van der Waals surface area contributed by atoms with Crippen LogP contribution in [0.25, 0.3) is 0 Å². The SMILES string of the molecule is COc1cc(C(F)(F)F)c(CCCCN)cc1Br. The van der Waals surface area contributed by atoms with Gasteiger partial charge in [-0.1, -0.05) is 0 Å². The van der Waals surface area contributed by atoms with Gasteiger partial charge in [-0.25, -0.2) is 0 Å². The quantitative estimate of drug-likeness (QED) is 0.836. The molecule has 6 heteroatoms. The summed E-state index contributed by atoms with van der Waals surface area (Å²) >= 11 is 3.20. The summed E-state index contributed by atoms with van der Waals surface area (Å²) in [6, 6.07) is 2.50. The Hall–Kier alpha value is -0.750. The molecule has 0 bridgehead atoms. The monoisotopic (exact) mass is 325 g/mol. The Balaban J connectivity index is 3.09. The fraction of sp³-hybridized carbons (Fsp3) is 0.500. The average Bonchev–Trinajstić information content (AvgIpc) is 2.28. The first-order valence-electron chi connectivity index (χ1n) is 5.53. The Labute approximate surface area is 112 Å². The molecule has 0 saturated carbocycles. The van der Waals surface area contributed by atoms with Crippen molar-refractivity contribution >= 4 is 15.9 Å². The Morgan fingerprint density at radius 2 is 1.94 bits per heavy atom. The van der Waals surface area contributed by atoms with Crippen LogP contribution in [-0.2, 0) is 12.6 Å². The molecule has 1 rings (SSSR count). The first kappa shape index (κ1) is 15.3. The molecule has 0 unspecified atom stereocenters. The molecule has 1 aromatic rings. The van der Waals surface area contributed by atoms with Crippen molar-refractivity contribution in [3.63, 3.8) is 0 Å². The number of ether oxygens (including phenoxy) is 1. The Morgan fingerprint density at radius 3 is 2.44 bits per heavy atom. The number of unbranched alkanes of at least 4 members (excludes halogenated alkanes) is 1. The van der Waals surface area contributed by atoms with Crippen LogP contribution in [-0.4, -0.2) is 13.7 Å². The maximum absolute atomic E-state index is 12.9. The molecule has 0 fully saturated rings. The van der Waals surface area contributed by atoms with E-state index in [9.17, 15) is 13.2 Å². The molecule has 0 amide bonds. The van der Waals surface area contributed by atoms with Crippen molar-refractivity contribution in [2.24, 2.45) is 5.73 Å². The van der Waals surface area contributed by atoms with E-state index in [1.807, 2.05) is 0 Å². The summed E-state index contributed by atoms with van der Waals surface area (Å²) in [6.45, 7) is 0.485. The van der Waals surface area contributed by atoms with E-state index < -0.39 is 11.7 Å². The number of rotatable bonds is 5. The van der Waals surface area contributed by atoms with E-state index in [4.69, 9.17) is 10.5 Å². The molecule has 0 heterocycles. The summed E-state index contributed by atoms with van der Waals surface area (Å²) in [7, 11) is 1.34. The third-order valence-corrected chi connectivity index (χ3v) is 3.20. The summed E-state index contributed by atoms with van der Waals surface area (Å²) in [5.41, 5.74) is 4.97. The van der Waals surface area contributed by atoms with Gasteiger partial charge in [0.1, 0.15) is 5.75 Å². The first-order valence-corrected chi connectivity index (χ1v) is 6.33. The molecule has 0 aromatic heterocycles. The summed E-state index contributed by atoms with van der Waals surface area (Å²) in [5.74, 6) is 0.185. The maximum Gasteiger partial charge on any atom is 0.416 e. The maximum atomic E-state index is 12.9. The fourth-order valence-corrected chi connectivity index (χ4v) is 2.23. The zero-order valence-corrected chi connectivity index (χ0v) is 11.6. The second-order valence-corrected chi connectivity index (χ2v) is 4.74. The van der Waals surface area contributed by atoms with Crippen LogP contribution in [0.1, 0.15) is 24.0 Å². The van der Waals surface area contributed by atoms with Crippen molar-refractivity contribution in [3.05, 3.63) is 27.7 Å². The lowest BCUT2D eigenvalue weighted by Crippen LogP contribution is -2.10. The average molecular weight is 326 g/mol. The number of alkyl halides is 3. The summed E-state index contributed by atoms with van der Waals surface area (Å²) in [5, 5.41) is 0. The zero-order valence-electron chi connectivity index (χ0n) is 9.98. The number of halogens is 4. The minimum Gasteiger partial charge on any atom is -0.496 e. The van der Waals surface area contributed by atoms with Gasteiger partial charge in [-0.15, -0.1) is 0 Å². The van der Waals surface area contributed by atoms with E-state index in [0.717, 1.165) is 6.07 Å². The summed E-state index contributed by atoms with van der Waals surface area (Å²) in [4.78, 5) is 0. The van der Waals surface area contributed by atoms with Gasteiger partial charge in [0.2, 0.25) is 0 Å². The molecule has 18 heavy (non-hydrogen) atoms. The van der Waals surface area contributed by atoms with Crippen LogP contribution in [0.2, 0.25) is 0 Å². The summed E-state index contributed by atoms with van der Waals surface area (Å²) in [6.07, 6.45) is -2.67. The lowest BCUT2D eigenvalue weighted by atomic mass is 10.0. The van der Waals surface area contributed by atoms with Crippen molar-refractivity contribution in [3.8, 4) is 5.75 Å². The Bertz CT molecular complexity index is 407. The predicted molar refractivity (Wildman–Crippen MR) is 67.7 cm³/mol. The molecule has 0 saturated heterocycles. The number of methoxy groups -OCH3 is 1. The van der Waals surface area contributed by atoms with Crippen LogP contribution in [0.5, 0.6) is 5.75 Å². The van der Waals surface area contributed by atoms with Crippen molar-refractivity contribution in [2.75, 3.05) is 13.7 Å². The van der Waals surface area contributed by atoms with Crippen LogP contribution in [0.4, 0.5) is 13.2 Å². The molecular formula is C12H15BrF3NO. The van der Waals surface area contributed by atoms with E-state index >= 15 is 0 Å². The molecule has 1 aromatic carbocycles. The predicted octanol–water partition coefficient (Wildman–Crippen LogP) is 3.76. The van der Waals surface area contributed by atoms with Crippen molar-refractivity contribution < 1.29 is 17.9 Å². The van der Waals surface area contributed by atoms with Crippen molar-refractivity contribution in [2.45, 2.75) is 25.4 Å². The van der Waals surface area contributed by atoms with Crippen molar-refractivity contribution in [1.29, 1.82) is 0 Å². The van der Waals surface area contributed by atoms with E-state index in [1.165, 1.54) is 13.2 Å². The summed E-state index contributed by atoms with van der Waals surface area (Å²) < 4.78 is 44.2. The number of nitrogens with two attached hydrogens (primary N) is 1. The zero-order chi connectivity index (χ0) is 13.8. The number of hydrogen-bond acceptors (Lipinski definition) is 2. The first-order chi connectivity index (χ1) is 8.40. The van der Waals surface area contributed by atoms with Crippen LogP contribution >= 0.6 is 15.9 Å². The Morgan fingerprint density at radius 1 is 1.28 bits per heavy atom. The molecule has 0 aliphatic carbocycles. The number of benzene rings is 1. The molecule has 0 aliphatic heterocycles. The van der Waals surface area contributed by atoms with Gasteiger partial charge in [-0.2, -0.15) is 13.2 Å². The third-order valence-electron chi connectivity index (χ3n) is 2.58. The highest BCUT2D eigenvalue weighted by Crippen LogP contribution is 2.38. The molecule has 0 atom stereocenters. The smallest absolute Gasteiger partial charge is 0.416 e. The van der Waals surface area contributed by atoms with Gasteiger partial charge in [-0.05, 0) is 59.4 Å².